The number of ether oxygens (including phenoxy) is 1. The number of nitrogens with zero attached hydrogens (tertiary/aromatic N) is 2. The van der Waals surface area contributed by atoms with Crippen LogP contribution in [0.25, 0.3) is 0 Å². The first-order chi connectivity index (χ1) is 12.1. The van der Waals surface area contributed by atoms with Crippen LogP contribution in [0, 0.1) is 11.8 Å². The van der Waals surface area contributed by atoms with Gasteiger partial charge in [0, 0.05) is 17.5 Å². The average molecular weight is 342 g/mol. The Bertz CT molecular complexity index is 778. The first-order valence-corrected chi connectivity index (χ1v) is 8.98. The molecule has 6 rings (SSSR count). The number of aliphatic imine (C=N–C) groups is 1. The van der Waals surface area contributed by atoms with E-state index >= 15 is 0 Å². The molecule has 3 fully saturated rings. The van der Waals surface area contributed by atoms with Crippen molar-refractivity contribution in [2.24, 2.45) is 16.8 Å². The predicted molar refractivity (Wildman–Crippen MR) is 91.5 cm³/mol. The molecule has 6 atom stereocenters. The number of anilines is 1. The van der Waals surface area contributed by atoms with E-state index < -0.39 is 17.6 Å². The number of carbonyl (C=O) groups excluding carboxylic acids is 1. The summed E-state index contributed by atoms with van der Waals surface area (Å²) in [5, 5.41) is 12.5. The van der Waals surface area contributed by atoms with E-state index in [1.165, 1.54) is 12.2 Å². The van der Waals surface area contributed by atoms with Crippen molar-refractivity contribution in [3.8, 4) is 0 Å². The van der Waals surface area contributed by atoms with Gasteiger partial charge >= 0.3 is 0 Å². The molecule has 2 saturated heterocycles. The molecule has 4 heterocycles. The summed E-state index contributed by atoms with van der Waals surface area (Å²) in [6.45, 7) is 2.63. The normalized spacial score (nSPS) is 41.2. The van der Waals surface area contributed by atoms with Gasteiger partial charge in [0.05, 0.1) is 31.5 Å². The molecule has 5 aliphatic rings. The zero-order chi connectivity index (χ0) is 17.3. The Morgan fingerprint density at radius 2 is 2.24 bits per heavy atom. The zero-order valence-corrected chi connectivity index (χ0v) is 14.4. The van der Waals surface area contributed by atoms with Crippen LogP contribution < -0.4 is 5.06 Å². The van der Waals surface area contributed by atoms with Crippen molar-refractivity contribution in [1.29, 1.82) is 0 Å². The van der Waals surface area contributed by atoms with Crippen LogP contribution in [0.3, 0.4) is 0 Å². The third kappa shape index (κ3) is 1.70. The van der Waals surface area contributed by atoms with E-state index in [1.54, 1.807) is 0 Å². The van der Waals surface area contributed by atoms with Crippen LogP contribution in [0.1, 0.15) is 25.3 Å². The monoisotopic (exact) mass is 342 g/mol. The molecule has 1 aliphatic carbocycles. The highest BCUT2D eigenvalue weighted by atomic mass is 16.7. The fourth-order valence-electron chi connectivity index (χ4n) is 5.54. The van der Waals surface area contributed by atoms with E-state index in [0.717, 1.165) is 23.4 Å². The molecule has 1 aromatic carbocycles. The van der Waals surface area contributed by atoms with E-state index in [2.05, 4.69) is 6.92 Å². The van der Waals surface area contributed by atoms with E-state index in [-0.39, 0.29) is 23.8 Å². The van der Waals surface area contributed by atoms with Crippen LogP contribution in [0.2, 0.25) is 0 Å². The number of fused-ring (bicyclic) bond motifs is 2. The number of hydrogen-bond acceptors (Lipinski definition) is 5. The molecule has 0 radical (unpaired) electrons. The number of aliphatic hydroxyl groups excluding tert-OH is 1. The number of amides is 1. The van der Waals surface area contributed by atoms with Gasteiger partial charge < -0.3 is 9.84 Å². The smallest absolute Gasteiger partial charge is 0.264 e. The number of aliphatic hydroxyl groups is 1. The number of carbonyl (C=O) groups is 1. The van der Waals surface area contributed by atoms with Crippen molar-refractivity contribution in [2.75, 3.05) is 18.8 Å². The Morgan fingerprint density at radius 3 is 3.00 bits per heavy atom. The molecule has 1 unspecified atom stereocenters. The fraction of sp³-hybridized carbons (Fsp3) is 0.579. The lowest BCUT2D eigenvalue weighted by molar-refractivity contribution is -0.152. The number of hydrogen-bond donors (Lipinski definition) is 1. The molecule has 0 aromatic heterocycles. The first-order valence-electron chi connectivity index (χ1n) is 8.98. The van der Waals surface area contributed by atoms with Gasteiger partial charge in [-0.3, -0.25) is 14.6 Å². The Hall–Kier alpha value is -1.76. The second-order valence-electron chi connectivity index (χ2n) is 7.45. The first kappa shape index (κ1) is 15.5. The van der Waals surface area contributed by atoms with Crippen LogP contribution in [0.4, 0.5) is 5.69 Å². The summed E-state index contributed by atoms with van der Waals surface area (Å²) in [5.74, 6) is 0.0171. The highest BCUT2D eigenvalue weighted by Gasteiger charge is 2.67. The quantitative estimate of drug-likeness (QED) is 0.883. The van der Waals surface area contributed by atoms with Crippen molar-refractivity contribution in [3.05, 3.63) is 29.8 Å². The predicted octanol–water partition coefficient (Wildman–Crippen LogP) is 1.46. The van der Waals surface area contributed by atoms with Gasteiger partial charge in [-0.1, -0.05) is 25.1 Å². The van der Waals surface area contributed by atoms with Crippen molar-refractivity contribution in [3.63, 3.8) is 0 Å². The van der Waals surface area contributed by atoms with Crippen LogP contribution in [-0.2, 0) is 19.8 Å². The third-order valence-electron chi connectivity index (χ3n) is 6.55. The average Bonchev–Trinajstić information content (AvgIpc) is 3.00. The lowest BCUT2D eigenvalue weighted by Gasteiger charge is -2.42. The minimum absolute atomic E-state index is 0.00434. The van der Waals surface area contributed by atoms with Crippen LogP contribution in [-0.4, -0.2) is 48.7 Å². The van der Waals surface area contributed by atoms with Crippen LogP contribution >= 0.6 is 0 Å². The van der Waals surface area contributed by atoms with Crippen molar-refractivity contribution < 1.29 is 19.5 Å². The Morgan fingerprint density at radius 1 is 1.44 bits per heavy atom. The van der Waals surface area contributed by atoms with Gasteiger partial charge in [-0.15, -0.1) is 0 Å². The Kier molecular flexibility index (Phi) is 3.18. The minimum atomic E-state index is -0.928. The fourth-order valence-corrected chi connectivity index (χ4v) is 5.54. The van der Waals surface area contributed by atoms with Crippen molar-refractivity contribution in [2.45, 2.75) is 43.4 Å². The standard InChI is InChI=1S/C19H22N2O4/c1-3-12-15-10-9-25-17(16(15)22)19(8-13(10)20-12)11-6-4-5-7-14(11)21(24-2)18(19)23/h4-7,10,13,15-17,22H,3,8-9H2,1-2H3/t10-,13+,15-,16?,17-,19+/m1/s1. The van der Waals surface area contributed by atoms with Gasteiger partial charge in [0.25, 0.3) is 5.91 Å². The Labute approximate surface area is 146 Å². The van der Waals surface area contributed by atoms with Gasteiger partial charge in [-0.2, -0.15) is 5.06 Å². The molecule has 4 bridgehead atoms. The van der Waals surface area contributed by atoms with E-state index in [9.17, 15) is 9.90 Å². The highest BCUT2D eigenvalue weighted by molar-refractivity contribution is 6.07. The SMILES string of the molecule is CCC1=N[C@H]2C[C@@]3(C(=O)N(OC)c4ccccc43)[C@@H]3OC[C@H]2[C@H]1C3O. The topological polar surface area (TPSA) is 71.4 Å². The summed E-state index contributed by atoms with van der Waals surface area (Å²) in [5.41, 5.74) is 1.77. The lowest BCUT2D eigenvalue weighted by Crippen LogP contribution is -2.58. The minimum Gasteiger partial charge on any atom is -0.390 e. The van der Waals surface area contributed by atoms with Crippen LogP contribution in [0.15, 0.2) is 29.3 Å². The zero-order valence-electron chi connectivity index (χ0n) is 14.4. The molecule has 1 spiro atoms. The summed E-state index contributed by atoms with van der Waals surface area (Å²) in [6.07, 6.45) is 0.113. The largest absolute Gasteiger partial charge is 0.390 e. The van der Waals surface area contributed by atoms with Gasteiger partial charge in [0.15, 0.2) is 0 Å². The number of benzene rings is 1. The molecule has 1 amide bonds. The second kappa shape index (κ2) is 5.13. The number of rotatable bonds is 2. The maximum Gasteiger partial charge on any atom is 0.264 e. The maximum atomic E-state index is 13.4. The van der Waals surface area contributed by atoms with E-state index in [4.69, 9.17) is 14.6 Å². The van der Waals surface area contributed by atoms with Gasteiger partial charge in [-0.05, 0) is 24.5 Å². The van der Waals surface area contributed by atoms with Gasteiger partial charge in [-0.25, -0.2) is 0 Å². The second-order valence-corrected chi connectivity index (χ2v) is 7.45. The van der Waals surface area contributed by atoms with Gasteiger partial charge in [0.2, 0.25) is 0 Å². The molecular formula is C19H22N2O4. The molecule has 1 aromatic rings. The summed E-state index contributed by atoms with van der Waals surface area (Å²) in [6, 6.07) is 7.67. The third-order valence-corrected chi connectivity index (χ3v) is 6.55. The molecule has 6 nitrogen and oxygen atoms in total. The Balaban J connectivity index is 1.73. The maximum absolute atomic E-state index is 13.4. The van der Waals surface area contributed by atoms with E-state index in [0.29, 0.717) is 13.0 Å². The van der Waals surface area contributed by atoms with E-state index in [1.807, 2.05) is 24.3 Å². The molecule has 1 N–H and O–H groups in total. The number of para-hydroxylation sites is 1. The van der Waals surface area contributed by atoms with Crippen molar-refractivity contribution >= 4 is 17.3 Å². The van der Waals surface area contributed by atoms with Gasteiger partial charge in [0.1, 0.15) is 11.5 Å². The molecule has 4 aliphatic heterocycles. The summed E-state index contributed by atoms with van der Waals surface area (Å²) < 4.78 is 6.12. The van der Waals surface area contributed by atoms with Crippen molar-refractivity contribution in [1.82, 2.24) is 0 Å². The number of hydroxylamine groups is 1. The molecule has 1 saturated carbocycles. The van der Waals surface area contributed by atoms with Crippen LogP contribution in [0.5, 0.6) is 0 Å². The molecule has 6 heteroatoms. The lowest BCUT2D eigenvalue weighted by atomic mass is 9.70. The summed E-state index contributed by atoms with van der Waals surface area (Å²) >= 11 is 0. The molecular weight excluding hydrogens is 320 g/mol. The summed E-state index contributed by atoms with van der Waals surface area (Å²) in [4.78, 5) is 23.7. The summed E-state index contributed by atoms with van der Waals surface area (Å²) in [7, 11) is 1.50. The molecule has 25 heavy (non-hydrogen) atoms. The molecule has 132 valence electrons. The highest BCUT2D eigenvalue weighted by Crippen LogP contribution is 2.56.